The van der Waals surface area contributed by atoms with Crippen LogP contribution in [0.3, 0.4) is 0 Å². The number of hydrogen-bond acceptors (Lipinski definition) is 4. The van der Waals surface area contributed by atoms with Gasteiger partial charge in [0.15, 0.2) is 0 Å². The fourth-order valence-electron chi connectivity index (χ4n) is 2.78. The Labute approximate surface area is 119 Å². The third-order valence-electron chi connectivity index (χ3n) is 3.85. The van der Waals surface area contributed by atoms with Gasteiger partial charge < -0.3 is 10.2 Å². The summed E-state index contributed by atoms with van der Waals surface area (Å²) in [5, 5.41) is 14.9. The summed E-state index contributed by atoms with van der Waals surface area (Å²) >= 11 is 0. The first-order valence-electron chi connectivity index (χ1n) is 7.20. The Bertz CT molecular complexity index is 536. The van der Waals surface area contributed by atoms with Crippen molar-refractivity contribution in [1.29, 1.82) is 0 Å². The molecule has 1 aliphatic heterocycles. The molecule has 1 unspecified atom stereocenters. The Hall–Kier alpha value is -1.72. The van der Waals surface area contributed by atoms with Crippen LogP contribution < -0.4 is 5.32 Å². The number of likely N-dealkylation sites (N-methyl/N-ethyl adjacent to an activating group) is 1. The number of rotatable bonds is 4. The van der Waals surface area contributed by atoms with Crippen molar-refractivity contribution >= 4 is 0 Å². The zero-order valence-corrected chi connectivity index (χ0v) is 11.8. The topological polar surface area (TPSA) is 56.8 Å². The van der Waals surface area contributed by atoms with Crippen molar-refractivity contribution in [2.75, 3.05) is 20.1 Å². The molecule has 1 aliphatic rings. The van der Waals surface area contributed by atoms with Crippen LogP contribution in [0.25, 0.3) is 11.3 Å². The van der Waals surface area contributed by atoms with Gasteiger partial charge in [0, 0.05) is 24.7 Å². The number of nitrogens with one attached hydrogen (secondary N) is 2. The predicted octanol–water partition coefficient (Wildman–Crippen LogP) is 1.66. The van der Waals surface area contributed by atoms with E-state index in [1.54, 1.807) is 0 Å². The van der Waals surface area contributed by atoms with Crippen molar-refractivity contribution in [3.8, 4) is 11.3 Å². The molecule has 0 radical (unpaired) electrons. The smallest absolute Gasteiger partial charge is 0.117 e. The van der Waals surface area contributed by atoms with Gasteiger partial charge in [-0.25, -0.2) is 0 Å². The van der Waals surface area contributed by atoms with Crippen LogP contribution in [0.4, 0.5) is 0 Å². The molecule has 2 heterocycles. The molecule has 0 saturated carbocycles. The largest absolute Gasteiger partial charge is 0.307 e. The van der Waals surface area contributed by atoms with E-state index >= 15 is 0 Å². The molecule has 0 aliphatic carbocycles. The molecule has 0 amide bonds. The molecule has 20 heavy (non-hydrogen) atoms. The third kappa shape index (κ3) is 3.05. The van der Waals surface area contributed by atoms with Gasteiger partial charge in [-0.05, 0) is 26.4 Å². The predicted molar refractivity (Wildman–Crippen MR) is 79.2 cm³/mol. The first-order valence-corrected chi connectivity index (χ1v) is 7.20. The fraction of sp³-hybridized carbons (Fsp3) is 0.467. The quantitative estimate of drug-likeness (QED) is 0.888. The Morgan fingerprint density at radius 1 is 1.30 bits per heavy atom. The monoisotopic (exact) mass is 271 g/mol. The van der Waals surface area contributed by atoms with Gasteiger partial charge in [0.2, 0.25) is 0 Å². The summed E-state index contributed by atoms with van der Waals surface area (Å²) < 4.78 is 0. The lowest BCUT2D eigenvalue weighted by atomic mass is 10.1. The van der Waals surface area contributed by atoms with Crippen LogP contribution in [0.1, 0.15) is 18.5 Å². The molecule has 1 fully saturated rings. The molecule has 0 bridgehead atoms. The second-order valence-corrected chi connectivity index (χ2v) is 5.47. The van der Waals surface area contributed by atoms with Gasteiger partial charge in [0.05, 0.1) is 0 Å². The second kappa shape index (κ2) is 6.15. The molecule has 0 spiro atoms. The lowest BCUT2D eigenvalue weighted by Crippen LogP contribution is -2.43. The molecule has 1 saturated heterocycles. The summed E-state index contributed by atoms with van der Waals surface area (Å²) in [7, 11) is 2.18. The molecule has 106 valence electrons. The molecular formula is C15H21N5. The molecule has 5 nitrogen and oxygen atoms in total. The standard InChI is InChI=1S/C15H21N5/c1-20-9-5-8-13(11-20)16-10-14-15(18-19-17-14)12-6-3-2-4-7-12/h2-4,6-7,13,16H,5,8-11H2,1H3,(H,17,18,19). The van der Waals surface area contributed by atoms with E-state index in [4.69, 9.17) is 0 Å². The first kappa shape index (κ1) is 13.3. The van der Waals surface area contributed by atoms with Gasteiger partial charge in [0.1, 0.15) is 11.4 Å². The molecule has 1 aromatic heterocycles. The maximum absolute atomic E-state index is 4.28. The van der Waals surface area contributed by atoms with E-state index in [-0.39, 0.29) is 0 Å². The van der Waals surface area contributed by atoms with Crippen LogP contribution in [0.5, 0.6) is 0 Å². The zero-order valence-electron chi connectivity index (χ0n) is 11.8. The van der Waals surface area contributed by atoms with E-state index in [2.05, 4.69) is 44.8 Å². The van der Waals surface area contributed by atoms with Gasteiger partial charge in [-0.15, -0.1) is 0 Å². The van der Waals surface area contributed by atoms with Crippen LogP contribution in [0.2, 0.25) is 0 Å². The minimum absolute atomic E-state index is 0.550. The number of likely N-dealkylation sites (tertiary alicyclic amines) is 1. The molecular weight excluding hydrogens is 250 g/mol. The molecule has 2 aromatic rings. The highest BCUT2D eigenvalue weighted by Gasteiger charge is 2.18. The number of H-pyrrole nitrogens is 1. The van der Waals surface area contributed by atoms with Crippen molar-refractivity contribution in [2.24, 2.45) is 0 Å². The maximum Gasteiger partial charge on any atom is 0.117 e. The van der Waals surface area contributed by atoms with Crippen molar-refractivity contribution in [1.82, 2.24) is 25.6 Å². The highest BCUT2D eigenvalue weighted by Crippen LogP contribution is 2.19. The highest BCUT2D eigenvalue weighted by atomic mass is 15.3. The van der Waals surface area contributed by atoms with Crippen LogP contribution >= 0.6 is 0 Å². The zero-order chi connectivity index (χ0) is 13.8. The molecule has 1 atom stereocenters. The Morgan fingerprint density at radius 2 is 2.15 bits per heavy atom. The minimum Gasteiger partial charge on any atom is -0.307 e. The van der Waals surface area contributed by atoms with E-state index in [0.29, 0.717) is 6.04 Å². The van der Waals surface area contributed by atoms with E-state index in [0.717, 1.165) is 30.0 Å². The molecule has 1 aromatic carbocycles. The third-order valence-corrected chi connectivity index (χ3v) is 3.85. The Morgan fingerprint density at radius 3 is 2.95 bits per heavy atom. The molecule has 5 heteroatoms. The van der Waals surface area contributed by atoms with E-state index in [9.17, 15) is 0 Å². The van der Waals surface area contributed by atoms with E-state index < -0.39 is 0 Å². The van der Waals surface area contributed by atoms with Gasteiger partial charge in [-0.3, -0.25) is 0 Å². The van der Waals surface area contributed by atoms with Crippen LogP contribution in [-0.4, -0.2) is 46.5 Å². The number of benzene rings is 1. The molecule has 2 N–H and O–H groups in total. The normalized spacial score (nSPS) is 20.1. The number of hydrogen-bond donors (Lipinski definition) is 2. The summed E-state index contributed by atoms with van der Waals surface area (Å²) in [6, 6.07) is 10.7. The summed E-state index contributed by atoms with van der Waals surface area (Å²) in [5.41, 5.74) is 3.05. The van der Waals surface area contributed by atoms with Gasteiger partial charge in [-0.2, -0.15) is 15.4 Å². The van der Waals surface area contributed by atoms with Crippen LogP contribution in [0.15, 0.2) is 30.3 Å². The minimum atomic E-state index is 0.550. The number of piperidine rings is 1. The SMILES string of the molecule is CN1CCCC(NCc2n[nH]nc2-c2ccccc2)C1. The fourth-order valence-corrected chi connectivity index (χ4v) is 2.78. The summed E-state index contributed by atoms with van der Waals surface area (Å²) in [6.45, 7) is 3.08. The van der Waals surface area contributed by atoms with Crippen molar-refractivity contribution in [3.63, 3.8) is 0 Å². The maximum atomic E-state index is 4.28. The van der Waals surface area contributed by atoms with Crippen molar-refractivity contribution in [3.05, 3.63) is 36.0 Å². The van der Waals surface area contributed by atoms with E-state index in [1.165, 1.54) is 19.4 Å². The number of aromatic amines is 1. The lowest BCUT2D eigenvalue weighted by molar-refractivity contribution is 0.226. The Balaban J connectivity index is 1.65. The lowest BCUT2D eigenvalue weighted by Gasteiger charge is -2.30. The summed E-state index contributed by atoms with van der Waals surface area (Å²) in [5.74, 6) is 0. The summed E-state index contributed by atoms with van der Waals surface area (Å²) in [6.07, 6.45) is 2.50. The average Bonchev–Trinajstić information content (AvgIpc) is 2.95. The Kier molecular flexibility index (Phi) is 4.08. The van der Waals surface area contributed by atoms with E-state index in [1.807, 2.05) is 18.2 Å². The van der Waals surface area contributed by atoms with Crippen molar-refractivity contribution < 1.29 is 0 Å². The number of aromatic nitrogens is 3. The molecule has 3 rings (SSSR count). The van der Waals surface area contributed by atoms with Crippen molar-refractivity contribution in [2.45, 2.75) is 25.4 Å². The highest BCUT2D eigenvalue weighted by molar-refractivity contribution is 5.60. The van der Waals surface area contributed by atoms with Crippen LogP contribution in [0, 0.1) is 0 Å². The van der Waals surface area contributed by atoms with Gasteiger partial charge >= 0.3 is 0 Å². The van der Waals surface area contributed by atoms with Gasteiger partial charge in [0.25, 0.3) is 0 Å². The average molecular weight is 271 g/mol. The second-order valence-electron chi connectivity index (χ2n) is 5.47. The number of nitrogens with zero attached hydrogens (tertiary/aromatic N) is 3. The van der Waals surface area contributed by atoms with Gasteiger partial charge in [-0.1, -0.05) is 30.3 Å². The van der Waals surface area contributed by atoms with Crippen LogP contribution in [-0.2, 0) is 6.54 Å². The summed E-state index contributed by atoms with van der Waals surface area (Å²) in [4.78, 5) is 2.38. The first-order chi connectivity index (χ1) is 9.83.